The number of hydrogen-bond acceptors (Lipinski definition) is 5. The molecule has 30 heavy (non-hydrogen) atoms. The standard InChI is InChI=1S/C23H25BrN2O3S/c1-4-28-18-10-8-17(9-11-18)22-16(3)30-23(26-22)25-21(27)6-5-13-29-20-12-7-15(2)14-19(20)24/h7-12,14H,4-6,13H2,1-3H3,(H,25,26,27). The third-order valence-corrected chi connectivity index (χ3v) is 5.88. The smallest absolute Gasteiger partial charge is 0.226 e. The molecule has 0 atom stereocenters. The van der Waals surface area contributed by atoms with Crippen molar-refractivity contribution in [3.05, 3.63) is 57.4 Å². The molecule has 158 valence electrons. The van der Waals surface area contributed by atoms with Crippen molar-refractivity contribution >= 4 is 38.3 Å². The summed E-state index contributed by atoms with van der Waals surface area (Å²) in [5.41, 5.74) is 3.05. The maximum absolute atomic E-state index is 12.3. The van der Waals surface area contributed by atoms with E-state index in [0.29, 0.717) is 31.2 Å². The van der Waals surface area contributed by atoms with Crippen LogP contribution in [0.3, 0.4) is 0 Å². The lowest BCUT2D eigenvalue weighted by molar-refractivity contribution is -0.116. The van der Waals surface area contributed by atoms with Crippen LogP contribution in [0.15, 0.2) is 46.9 Å². The summed E-state index contributed by atoms with van der Waals surface area (Å²) in [6, 6.07) is 13.8. The minimum Gasteiger partial charge on any atom is -0.494 e. The minimum atomic E-state index is -0.0615. The molecule has 3 aromatic rings. The number of ether oxygens (including phenoxy) is 2. The average Bonchev–Trinajstić information content (AvgIpc) is 3.07. The lowest BCUT2D eigenvalue weighted by Gasteiger charge is -2.08. The van der Waals surface area contributed by atoms with Crippen molar-refractivity contribution in [2.24, 2.45) is 0 Å². The van der Waals surface area contributed by atoms with E-state index in [-0.39, 0.29) is 5.91 Å². The summed E-state index contributed by atoms with van der Waals surface area (Å²) in [5, 5.41) is 3.52. The van der Waals surface area contributed by atoms with E-state index < -0.39 is 0 Å². The molecule has 0 aliphatic heterocycles. The molecular formula is C23H25BrN2O3S. The van der Waals surface area contributed by atoms with Crippen LogP contribution in [0.4, 0.5) is 5.13 Å². The van der Waals surface area contributed by atoms with Gasteiger partial charge in [-0.1, -0.05) is 6.07 Å². The highest BCUT2D eigenvalue weighted by Crippen LogP contribution is 2.31. The summed E-state index contributed by atoms with van der Waals surface area (Å²) in [5.74, 6) is 1.56. The Morgan fingerprint density at radius 2 is 1.90 bits per heavy atom. The molecule has 1 heterocycles. The molecule has 0 spiro atoms. The molecule has 0 bridgehead atoms. The number of carbonyl (C=O) groups is 1. The van der Waals surface area contributed by atoms with Crippen molar-refractivity contribution in [3.8, 4) is 22.8 Å². The largest absolute Gasteiger partial charge is 0.494 e. The predicted molar refractivity (Wildman–Crippen MR) is 126 cm³/mol. The summed E-state index contributed by atoms with van der Waals surface area (Å²) in [6.45, 7) is 7.11. The maximum Gasteiger partial charge on any atom is 0.226 e. The second kappa shape index (κ2) is 10.6. The molecular weight excluding hydrogens is 464 g/mol. The van der Waals surface area contributed by atoms with Gasteiger partial charge in [-0.15, -0.1) is 11.3 Å². The van der Waals surface area contributed by atoms with E-state index in [1.165, 1.54) is 11.3 Å². The number of thiazole rings is 1. The van der Waals surface area contributed by atoms with Gasteiger partial charge in [-0.3, -0.25) is 4.79 Å². The first-order valence-electron chi connectivity index (χ1n) is 9.85. The van der Waals surface area contributed by atoms with Gasteiger partial charge in [0.1, 0.15) is 11.5 Å². The molecule has 3 rings (SSSR count). The highest BCUT2D eigenvalue weighted by atomic mass is 79.9. The van der Waals surface area contributed by atoms with Gasteiger partial charge < -0.3 is 14.8 Å². The fraction of sp³-hybridized carbons (Fsp3) is 0.304. The van der Waals surface area contributed by atoms with E-state index in [9.17, 15) is 4.79 Å². The molecule has 0 aliphatic carbocycles. The fourth-order valence-corrected chi connectivity index (χ4v) is 4.37. The van der Waals surface area contributed by atoms with Gasteiger partial charge in [-0.05, 0) is 85.1 Å². The van der Waals surface area contributed by atoms with Crippen molar-refractivity contribution in [1.82, 2.24) is 4.98 Å². The highest BCUT2D eigenvalue weighted by Gasteiger charge is 2.12. The number of anilines is 1. The molecule has 5 nitrogen and oxygen atoms in total. The number of halogens is 1. The second-order valence-corrected chi connectivity index (χ2v) is 8.87. The Hall–Kier alpha value is -2.38. The lowest BCUT2D eigenvalue weighted by atomic mass is 10.1. The van der Waals surface area contributed by atoms with Gasteiger partial charge in [0.15, 0.2) is 5.13 Å². The van der Waals surface area contributed by atoms with E-state index in [4.69, 9.17) is 9.47 Å². The highest BCUT2D eigenvalue weighted by molar-refractivity contribution is 9.10. The van der Waals surface area contributed by atoms with E-state index in [1.54, 1.807) is 0 Å². The molecule has 1 aromatic heterocycles. The normalized spacial score (nSPS) is 10.7. The molecule has 2 aromatic carbocycles. The van der Waals surface area contributed by atoms with Crippen LogP contribution in [0, 0.1) is 13.8 Å². The SMILES string of the molecule is CCOc1ccc(-c2nc(NC(=O)CCCOc3ccc(C)cc3Br)sc2C)cc1. The molecule has 0 unspecified atom stereocenters. The molecule has 1 N–H and O–H groups in total. The number of hydrogen-bond donors (Lipinski definition) is 1. The summed E-state index contributed by atoms with van der Waals surface area (Å²) >= 11 is 4.97. The van der Waals surface area contributed by atoms with E-state index >= 15 is 0 Å². The Labute approximate surface area is 189 Å². The zero-order chi connectivity index (χ0) is 21.5. The number of nitrogens with zero attached hydrogens (tertiary/aromatic N) is 1. The number of aryl methyl sites for hydroxylation is 2. The number of benzene rings is 2. The third-order valence-electron chi connectivity index (χ3n) is 4.37. The molecule has 0 saturated heterocycles. The molecule has 0 aliphatic rings. The van der Waals surface area contributed by atoms with Crippen molar-refractivity contribution in [2.45, 2.75) is 33.6 Å². The van der Waals surface area contributed by atoms with Crippen LogP contribution in [0.25, 0.3) is 11.3 Å². The fourth-order valence-electron chi connectivity index (χ4n) is 2.91. The zero-order valence-corrected chi connectivity index (χ0v) is 19.7. The number of amides is 1. The Balaban J connectivity index is 1.50. The Morgan fingerprint density at radius 3 is 2.60 bits per heavy atom. The Morgan fingerprint density at radius 1 is 1.13 bits per heavy atom. The molecule has 0 fully saturated rings. The Bertz CT molecular complexity index is 1000. The number of aromatic nitrogens is 1. The second-order valence-electron chi connectivity index (χ2n) is 6.82. The number of carbonyl (C=O) groups excluding carboxylic acids is 1. The van der Waals surface area contributed by atoms with Gasteiger partial charge in [0, 0.05) is 16.9 Å². The first-order valence-corrected chi connectivity index (χ1v) is 11.5. The van der Waals surface area contributed by atoms with Crippen LogP contribution in [0.1, 0.15) is 30.2 Å². The monoisotopic (exact) mass is 488 g/mol. The minimum absolute atomic E-state index is 0.0615. The lowest BCUT2D eigenvalue weighted by Crippen LogP contribution is -2.12. The molecule has 0 radical (unpaired) electrons. The van der Waals surface area contributed by atoms with Crippen LogP contribution >= 0.6 is 27.3 Å². The first-order chi connectivity index (χ1) is 14.5. The summed E-state index contributed by atoms with van der Waals surface area (Å²) in [6.07, 6.45) is 1.00. The van der Waals surface area contributed by atoms with Crippen LogP contribution in [0.5, 0.6) is 11.5 Å². The van der Waals surface area contributed by atoms with Crippen molar-refractivity contribution < 1.29 is 14.3 Å². The summed E-state index contributed by atoms with van der Waals surface area (Å²) in [4.78, 5) is 17.9. The number of rotatable bonds is 9. The van der Waals surface area contributed by atoms with Gasteiger partial charge in [-0.25, -0.2) is 4.98 Å². The summed E-state index contributed by atoms with van der Waals surface area (Å²) in [7, 11) is 0. The Kier molecular flexibility index (Phi) is 7.87. The van der Waals surface area contributed by atoms with Gasteiger partial charge in [-0.2, -0.15) is 0 Å². The van der Waals surface area contributed by atoms with Gasteiger partial charge >= 0.3 is 0 Å². The van der Waals surface area contributed by atoms with Crippen LogP contribution in [0.2, 0.25) is 0 Å². The van der Waals surface area contributed by atoms with E-state index in [0.717, 1.165) is 37.7 Å². The van der Waals surface area contributed by atoms with E-state index in [2.05, 4.69) is 26.2 Å². The average molecular weight is 489 g/mol. The molecule has 1 amide bonds. The van der Waals surface area contributed by atoms with E-state index in [1.807, 2.05) is 63.2 Å². The predicted octanol–water partition coefficient (Wildman–Crippen LogP) is 6.39. The third kappa shape index (κ3) is 6.06. The topological polar surface area (TPSA) is 60.5 Å². The van der Waals surface area contributed by atoms with Gasteiger partial charge in [0.25, 0.3) is 0 Å². The zero-order valence-electron chi connectivity index (χ0n) is 17.3. The quantitative estimate of drug-likeness (QED) is 0.354. The summed E-state index contributed by atoms with van der Waals surface area (Å²) < 4.78 is 12.2. The maximum atomic E-state index is 12.3. The number of nitrogens with one attached hydrogen (secondary N) is 1. The van der Waals surface area contributed by atoms with Crippen LogP contribution in [-0.2, 0) is 4.79 Å². The van der Waals surface area contributed by atoms with Crippen LogP contribution < -0.4 is 14.8 Å². The van der Waals surface area contributed by atoms with Gasteiger partial charge in [0.2, 0.25) is 5.91 Å². The van der Waals surface area contributed by atoms with Crippen LogP contribution in [-0.4, -0.2) is 24.1 Å². The van der Waals surface area contributed by atoms with Crippen molar-refractivity contribution in [1.29, 1.82) is 0 Å². The molecule has 7 heteroatoms. The first kappa shape index (κ1) is 22.3. The molecule has 0 saturated carbocycles. The van der Waals surface area contributed by atoms with Crippen molar-refractivity contribution in [3.63, 3.8) is 0 Å². The van der Waals surface area contributed by atoms with Gasteiger partial charge in [0.05, 0.1) is 23.4 Å². The van der Waals surface area contributed by atoms with Crippen molar-refractivity contribution in [2.75, 3.05) is 18.5 Å².